The van der Waals surface area contributed by atoms with Gasteiger partial charge in [0.25, 0.3) is 0 Å². The van der Waals surface area contributed by atoms with Crippen molar-refractivity contribution >= 4 is 23.2 Å². The van der Waals surface area contributed by atoms with Crippen molar-refractivity contribution in [3.63, 3.8) is 0 Å². The van der Waals surface area contributed by atoms with E-state index in [-0.39, 0.29) is 62.2 Å². The third-order valence-electron chi connectivity index (χ3n) is 2.11. The van der Waals surface area contributed by atoms with Gasteiger partial charge in [-0.15, -0.1) is 0 Å². The molecule has 0 atom stereocenters. The SMILES string of the molecule is Oc1c(Cl)cc(Cl)cc1-c1ccccc1.[K+]. The second-order valence-electron chi connectivity index (χ2n) is 3.15. The Hall–Kier alpha value is 0.456. The Morgan fingerprint density at radius 3 is 2.19 bits per heavy atom. The molecule has 2 aromatic rings. The van der Waals surface area contributed by atoms with Crippen LogP contribution in [0, 0.1) is 0 Å². The zero-order valence-electron chi connectivity index (χ0n) is 8.74. The number of hydrogen-bond donors (Lipinski definition) is 1. The molecule has 1 N–H and O–H groups in total. The molecule has 0 bridgehead atoms. The molecule has 0 aromatic heterocycles. The molecule has 0 saturated carbocycles. The quantitative estimate of drug-likeness (QED) is 0.781. The summed E-state index contributed by atoms with van der Waals surface area (Å²) in [6.07, 6.45) is 0. The van der Waals surface area contributed by atoms with E-state index in [1.807, 2.05) is 30.3 Å². The Morgan fingerprint density at radius 1 is 0.938 bits per heavy atom. The van der Waals surface area contributed by atoms with Crippen LogP contribution >= 0.6 is 23.2 Å². The van der Waals surface area contributed by atoms with Gasteiger partial charge in [-0.05, 0) is 17.7 Å². The Labute approximate surface area is 147 Å². The van der Waals surface area contributed by atoms with E-state index in [1.165, 1.54) is 6.07 Å². The van der Waals surface area contributed by atoms with E-state index >= 15 is 0 Å². The van der Waals surface area contributed by atoms with Crippen LogP contribution in [0.2, 0.25) is 10.0 Å². The van der Waals surface area contributed by atoms with Crippen LogP contribution in [-0.4, -0.2) is 5.11 Å². The van der Waals surface area contributed by atoms with Crippen LogP contribution in [0.3, 0.4) is 0 Å². The first kappa shape index (κ1) is 14.5. The van der Waals surface area contributed by atoms with Crippen LogP contribution < -0.4 is 51.4 Å². The second-order valence-corrected chi connectivity index (χ2v) is 3.99. The van der Waals surface area contributed by atoms with Gasteiger partial charge >= 0.3 is 51.4 Å². The average molecular weight is 278 g/mol. The Kier molecular flexibility index (Phi) is 5.81. The number of halogens is 2. The average Bonchev–Trinajstić information content (AvgIpc) is 2.24. The monoisotopic (exact) mass is 277 g/mol. The number of benzene rings is 2. The summed E-state index contributed by atoms with van der Waals surface area (Å²) in [6.45, 7) is 0. The maximum atomic E-state index is 9.78. The predicted molar refractivity (Wildman–Crippen MR) is 63.6 cm³/mol. The summed E-state index contributed by atoms with van der Waals surface area (Å²) in [4.78, 5) is 0. The van der Waals surface area contributed by atoms with Crippen molar-refractivity contribution in [3.05, 3.63) is 52.5 Å². The maximum Gasteiger partial charge on any atom is 1.00 e. The van der Waals surface area contributed by atoms with Gasteiger partial charge in [0, 0.05) is 10.6 Å². The molecule has 76 valence electrons. The van der Waals surface area contributed by atoms with Gasteiger partial charge in [0.15, 0.2) is 0 Å². The standard InChI is InChI=1S/C12H8Cl2O.K/c13-9-6-10(12(15)11(14)7-9)8-4-2-1-3-5-8;/h1-7,15H;/q;+1. The summed E-state index contributed by atoms with van der Waals surface area (Å²) in [5, 5.41) is 10.6. The third-order valence-corrected chi connectivity index (χ3v) is 2.62. The number of phenolic OH excluding ortho intramolecular Hbond substituents is 1. The van der Waals surface area contributed by atoms with Crippen LogP contribution in [-0.2, 0) is 0 Å². The van der Waals surface area contributed by atoms with Gasteiger partial charge in [0.2, 0.25) is 0 Å². The van der Waals surface area contributed by atoms with Gasteiger partial charge in [0.05, 0.1) is 5.02 Å². The molecule has 4 heteroatoms. The van der Waals surface area contributed by atoms with Crippen LogP contribution in [0.5, 0.6) is 5.75 Å². The molecule has 0 amide bonds. The molecule has 0 aliphatic rings. The molecule has 1 nitrogen and oxygen atoms in total. The fraction of sp³-hybridized carbons (Fsp3) is 0. The molecule has 0 fully saturated rings. The van der Waals surface area contributed by atoms with Gasteiger partial charge in [-0.3, -0.25) is 0 Å². The van der Waals surface area contributed by atoms with Crippen molar-refractivity contribution in [2.75, 3.05) is 0 Å². The molecule has 0 aliphatic carbocycles. The van der Waals surface area contributed by atoms with Crippen molar-refractivity contribution in [2.45, 2.75) is 0 Å². The minimum Gasteiger partial charge on any atom is -0.506 e. The first-order valence-corrected chi connectivity index (χ1v) is 5.17. The molecule has 0 unspecified atom stereocenters. The molecule has 2 rings (SSSR count). The maximum absolute atomic E-state index is 9.78. The minimum absolute atomic E-state index is 0. The topological polar surface area (TPSA) is 20.2 Å². The zero-order valence-corrected chi connectivity index (χ0v) is 13.4. The number of aromatic hydroxyl groups is 1. The number of hydrogen-bond acceptors (Lipinski definition) is 1. The van der Waals surface area contributed by atoms with E-state index in [4.69, 9.17) is 23.2 Å². The molecule has 2 aromatic carbocycles. The molecular formula is C12H8Cl2KO+. The van der Waals surface area contributed by atoms with Crippen LogP contribution in [0.25, 0.3) is 11.1 Å². The smallest absolute Gasteiger partial charge is 0.506 e. The molecule has 0 heterocycles. The third kappa shape index (κ3) is 3.23. The van der Waals surface area contributed by atoms with Gasteiger partial charge < -0.3 is 5.11 Å². The molecular weight excluding hydrogens is 270 g/mol. The molecule has 0 spiro atoms. The molecule has 0 aliphatic heterocycles. The second kappa shape index (κ2) is 6.41. The van der Waals surface area contributed by atoms with Gasteiger partial charge in [-0.25, -0.2) is 0 Å². The largest absolute Gasteiger partial charge is 1.00 e. The van der Waals surface area contributed by atoms with E-state index in [2.05, 4.69) is 0 Å². The van der Waals surface area contributed by atoms with Crippen molar-refractivity contribution < 1.29 is 56.5 Å². The first-order valence-electron chi connectivity index (χ1n) is 4.42. The summed E-state index contributed by atoms with van der Waals surface area (Å²) in [6, 6.07) is 12.7. The van der Waals surface area contributed by atoms with Crippen LogP contribution in [0.1, 0.15) is 0 Å². The molecule has 0 saturated heterocycles. The van der Waals surface area contributed by atoms with Gasteiger partial charge in [0.1, 0.15) is 5.75 Å². The zero-order chi connectivity index (χ0) is 10.8. The Bertz CT molecular complexity index is 486. The summed E-state index contributed by atoms with van der Waals surface area (Å²) < 4.78 is 0. The summed E-state index contributed by atoms with van der Waals surface area (Å²) in [5.74, 6) is 0.0623. The van der Waals surface area contributed by atoms with Crippen molar-refractivity contribution in [1.29, 1.82) is 0 Å². The van der Waals surface area contributed by atoms with Crippen molar-refractivity contribution in [2.24, 2.45) is 0 Å². The summed E-state index contributed by atoms with van der Waals surface area (Å²) >= 11 is 11.7. The van der Waals surface area contributed by atoms with Gasteiger partial charge in [-0.2, -0.15) is 0 Å². The van der Waals surface area contributed by atoms with Gasteiger partial charge in [-0.1, -0.05) is 53.5 Å². The van der Waals surface area contributed by atoms with E-state index < -0.39 is 0 Å². The van der Waals surface area contributed by atoms with Crippen molar-refractivity contribution in [1.82, 2.24) is 0 Å². The van der Waals surface area contributed by atoms with E-state index in [0.29, 0.717) is 10.6 Å². The minimum atomic E-state index is 0. The first-order chi connectivity index (χ1) is 7.18. The van der Waals surface area contributed by atoms with Crippen LogP contribution in [0.15, 0.2) is 42.5 Å². The van der Waals surface area contributed by atoms with E-state index in [9.17, 15) is 5.11 Å². The fourth-order valence-electron chi connectivity index (χ4n) is 1.40. The normalized spacial score (nSPS) is 9.62. The molecule has 16 heavy (non-hydrogen) atoms. The summed E-state index contributed by atoms with van der Waals surface area (Å²) in [5.41, 5.74) is 1.53. The summed E-state index contributed by atoms with van der Waals surface area (Å²) in [7, 11) is 0. The number of phenols is 1. The van der Waals surface area contributed by atoms with Crippen molar-refractivity contribution in [3.8, 4) is 16.9 Å². The Balaban J connectivity index is 0.00000128. The fourth-order valence-corrected chi connectivity index (χ4v) is 1.90. The number of rotatable bonds is 1. The van der Waals surface area contributed by atoms with E-state index in [1.54, 1.807) is 6.07 Å². The van der Waals surface area contributed by atoms with Crippen LogP contribution in [0.4, 0.5) is 0 Å². The molecule has 0 radical (unpaired) electrons. The van der Waals surface area contributed by atoms with E-state index in [0.717, 1.165) is 5.56 Å². The Morgan fingerprint density at radius 2 is 1.56 bits per heavy atom. The predicted octanol–water partition coefficient (Wildman–Crippen LogP) is 1.37.